The van der Waals surface area contributed by atoms with E-state index in [1.165, 1.54) is 0 Å². The monoisotopic (exact) mass is 182 g/mol. The quantitative estimate of drug-likeness (QED) is 0.382. The molecule has 0 aliphatic carbocycles. The van der Waals surface area contributed by atoms with Crippen LogP contribution < -0.4 is 0 Å². The predicted octanol–water partition coefficient (Wildman–Crippen LogP) is 1.02. The first-order valence-corrected chi connectivity index (χ1v) is 4.77. The maximum atomic E-state index is 8.54. The summed E-state index contributed by atoms with van der Waals surface area (Å²) in [5, 5.41) is 8.54. The molecule has 0 bridgehead atoms. The third-order valence-corrected chi connectivity index (χ3v) is 2.48. The third-order valence-electron chi connectivity index (χ3n) is 2.48. The zero-order valence-electron chi connectivity index (χ0n) is 8.71. The van der Waals surface area contributed by atoms with Crippen molar-refractivity contribution in [2.24, 2.45) is 0 Å². The molecule has 74 valence electrons. The van der Waals surface area contributed by atoms with E-state index in [2.05, 4.69) is 32.3 Å². The van der Waals surface area contributed by atoms with Gasteiger partial charge >= 0.3 is 0 Å². The molecule has 0 rings (SSSR count). The van der Waals surface area contributed by atoms with E-state index in [9.17, 15) is 0 Å². The van der Waals surface area contributed by atoms with Crippen LogP contribution in [0.4, 0.5) is 0 Å². The molecule has 0 spiro atoms. The van der Waals surface area contributed by atoms with Crippen molar-refractivity contribution in [1.29, 1.82) is 0 Å². The van der Waals surface area contributed by atoms with E-state index in [1.54, 1.807) is 0 Å². The highest BCUT2D eigenvalue weighted by Gasteiger charge is 2.19. The first-order chi connectivity index (χ1) is 6.24. The van der Waals surface area contributed by atoms with Crippen molar-refractivity contribution in [2.75, 3.05) is 32.8 Å². The number of rotatable bonds is 5. The molecule has 0 atom stereocenters. The van der Waals surface area contributed by atoms with Crippen LogP contribution in [0.1, 0.15) is 13.8 Å². The molecule has 0 heterocycles. The number of quaternary nitrogens is 1. The molecule has 1 N–H and O–H groups in total. The standard InChI is InChI=1S/C11H20NO/c1-4-9-12(5-2,6-3)10-7-8-11-13/h4,13H,1,5-6,9-11H2,2-3H3/q+1. The minimum atomic E-state index is -0.0402. The number of likely N-dealkylation sites (N-methyl/N-ethyl adjacent to an activating group) is 1. The minimum absolute atomic E-state index is 0.0402. The van der Waals surface area contributed by atoms with Gasteiger partial charge in [-0.25, -0.2) is 0 Å². The van der Waals surface area contributed by atoms with Crippen molar-refractivity contribution < 1.29 is 9.59 Å². The Morgan fingerprint density at radius 3 is 2.31 bits per heavy atom. The molecule has 0 aliphatic rings. The van der Waals surface area contributed by atoms with E-state index in [0.29, 0.717) is 0 Å². The van der Waals surface area contributed by atoms with Crippen LogP contribution in [0.3, 0.4) is 0 Å². The Labute approximate surface area is 81.5 Å². The Bertz CT molecular complexity index is 196. The third kappa shape index (κ3) is 4.12. The Morgan fingerprint density at radius 2 is 1.92 bits per heavy atom. The summed E-state index contributed by atoms with van der Waals surface area (Å²) in [6.45, 7) is 11.9. The van der Waals surface area contributed by atoms with Crippen LogP contribution in [0.5, 0.6) is 0 Å². The van der Waals surface area contributed by atoms with Crippen LogP contribution in [0.2, 0.25) is 0 Å². The Morgan fingerprint density at radius 1 is 1.31 bits per heavy atom. The molecule has 2 nitrogen and oxygen atoms in total. The molecule has 0 aromatic carbocycles. The highest BCUT2D eigenvalue weighted by Crippen LogP contribution is 2.04. The lowest BCUT2D eigenvalue weighted by molar-refractivity contribution is -0.912. The predicted molar refractivity (Wildman–Crippen MR) is 56.1 cm³/mol. The van der Waals surface area contributed by atoms with Gasteiger partial charge in [-0.2, -0.15) is 0 Å². The van der Waals surface area contributed by atoms with Gasteiger partial charge in [-0.05, 0) is 25.8 Å². The summed E-state index contributed by atoms with van der Waals surface area (Å²) >= 11 is 0. The second-order valence-electron chi connectivity index (χ2n) is 3.12. The Hall–Kier alpha value is -0.780. The van der Waals surface area contributed by atoms with Crippen LogP contribution in [-0.2, 0) is 0 Å². The van der Waals surface area contributed by atoms with Crippen LogP contribution in [0.15, 0.2) is 12.7 Å². The lowest BCUT2D eigenvalue weighted by Gasteiger charge is -2.33. The SMILES string of the molecule is C=CC[N+](CC)(CC)CC#CCO. The van der Waals surface area contributed by atoms with Crippen LogP contribution in [0.25, 0.3) is 0 Å². The fourth-order valence-electron chi connectivity index (χ4n) is 1.32. The highest BCUT2D eigenvalue weighted by atomic mass is 16.2. The van der Waals surface area contributed by atoms with E-state index in [0.717, 1.165) is 30.7 Å². The maximum Gasteiger partial charge on any atom is 0.141 e. The fourth-order valence-corrected chi connectivity index (χ4v) is 1.32. The van der Waals surface area contributed by atoms with Crippen molar-refractivity contribution in [3.05, 3.63) is 12.7 Å². The van der Waals surface area contributed by atoms with Gasteiger partial charge in [0.15, 0.2) is 0 Å². The summed E-state index contributed by atoms with van der Waals surface area (Å²) in [6, 6.07) is 0. The average molecular weight is 182 g/mol. The van der Waals surface area contributed by atoms with Gasteiger partial charge in [-0.1, -0.05) is 12.5 Å². The molecular weight excluding hydrogens is 162 g/mol. The van der Waals surface area contributed by atoms with E-state index < -0.39 is 0 Å². The van der Waals surface area contributed by atoms with Gasteiger partial charge in [0.25, 0.3) is 0 Å². The number of aliphatic hydroxyl groups excluding tert-OH is 1. The molecular formula is C11H20NO+. The minimum Gasteiger partial charge on any atom is -0.384 e. The lowest BCUT2D eigenvalue weighted by Crippen LogP contribution is -2.48. The largest absolute Gasteiger partial charge is 0.384 e. The van der Waals surface area contributed by atoms with Crippen LogP contribution >= 0.6 is 0 Å². The normalized spacial score (nSPS) is 10.4. The van der Waals surface area contributed by atoms with Crippen molar-refractivity contribution in [3.63, 3.8) is 0 Å². The summed E-state index contributed by atoms with van der Waals surface area (Å²) in [5.41, 5.74) is 0. The first-order valence-electron chi connectivity index (χ1n) is 4.77. The topological polar surface area (TPSA) is 20.2 Å². The van der Waals surface area contributed by atoms with Gasteiger partial charge in [0.1, 0.15) is 13.2 Å². The van der Waals surface area contributed by atoms with Crippen molar-refractivity contribution >= 4 is 0 Å². The molecule has 13 heavy (non-hydrogen) atoms. The lowest BCUT2D eigenvalue weighted by atomic mass is 10.3. The number of hydrogen-bond donors (Lipinski definition) is 1. The maximum absolute atomic E-state index is 8.54. The fraction of sp³-hybridized carbons (Fsp3) is 0.636. The summed E-state index contributed by atoms with van der Waals surface area (Å²) in [4.78, 5) is 0. The second-order valence-corrected chi connectivity index (χ2v) is 3.12. The molecule has 0 unspecified atom stereocenters. The molecule has 0 saturated carbocycles. The van der Waals surface area contributed by atoms with E-state index >= 15 is 0 Å². The highest BCUT2D eigenvalue weighted by molar-refractivity contribution is 4.99. The molecule has 0 saturated heterocycles. The molecule has 0 radical (unpaired) electrons. The van der Waals surface area contributed by atoms with Gasteiger partial charge in [0.2, 0.25) is 0 Å². The van der Waals surface area contributed by atoms with Gasteiger partial charge < -0.3 is 9.59 Å². The van der Waals surface area contributed by atoms with Crippen molar-refractivity contribution in [3.8, 4) is 11.8 Å². The number of hydrogen-bond acceptors (Lipinski definition) is 1. The molecule has 0 amide bonds. The second kappa shape index (κ2) is 6.71. The van der Waals surface area contributed by atoms with Gasteiger partial charge in [-0.15, -0.1) is 0 Å². The average Bonchev–Trinajstić information content (AvgIpc) is 2.17. The van der Waals surface area contributed by atoms with Crippen molar-refractivity contribution in [1.82, 2.24) is 0 Å². The number of nitrogens with zero attached hydrogens (tertiary/aromatic N) is 1. The summed E-state index contributed by atoms with van der Waals surface area (Å²) < 4.78 is 0.941. The smallest absolute Gasteiger partial charge is 0.141 e. The molecule has 2 heteroatoms. The number of aliphatic hydroxyl groups is 1. The molecule has 0 aromatic rings. The van der Waals surface area contributed by atoms with Crippen LogP contribution in [-0.4, -0.2) is 42.4 Å². The molecule has 0 aliphatic heterocycles. The summed E-state index contributed by atoms with van der Waals surface area (Å²) in [5.74, 6) is 5.67. The van der Waals surface area contributed by atoms with Crippen molar-refractivity contribution in [2.45, 2.75) is 13.8 Å². The van der Waals surface area contributed by atoms with Gasteiger partial charge in [0.05, 0.1) is 19.6 Å². The van der Waals surface area contributed by atoms with Gasteiger partial charge in [0, 0.05) is 0 Å². The zero-order valence-corrected chi connectivity index (χ0v) is 8.71. The summed E-state index contributed by atoms with van der Waals surface area (Å²) in [7, 11) is 0. The zero-order chi connectivity index (χ0) is 10.2. The van der Waals surface area contributed by atoms with E-state index in [1.807, 2.05) is 6.08 Å². The Balaban J connectivity index is 4.28. The Kier molecular flexibility index (Phi) is 6.30. The molecule has 0 fully saturated rings. The van der Waals surface area contributed by atoms with E-state index in [4.69, 9.17) is 5.11 Å². The van der Waals surface area contributed by atoms with Gasteiger partial charge in [-0.3, -0.25) is 0 Å². The van der Waals surface area contributed by atoms with Crippen LogP contribution in [0, 0.1) is 11.8 Å². The van der Waals surface area contributed by atoms with E-state index in [-0.39, 0.29) is 6.61 Å². The summed E-state index contributed by atoms with van der Waals surface area (Å²) in [6.07, 6.45) is 1.94. The molecule has 0 aromatic heterocycles. The first kappa shape index (κ1) is 12.2.